The van der Waals surface area contributed by atoms with Crippen LogP contribution in [0.1, 0.15) is 33.7 Å². The Morgan fingerprint density at radius 2 is 1.96 bits per heavy atom. The maximum absolute atomic E-state index is 12.3. The molecular weight excluding hydrogens is 360 g/mol. The number of nitrogens with one attached hydrogen (secondary N) is 1. The lowest BCUT2D eigenvalue weighted by Gasteiger charge is -2.15. The smallest absolute Gasteiger partial charge is 0.337 e. The summed E-state index contributed by atoms with van der Waals surface area (Å²) in [5.74, 6) is -0.496. The quantitative estimate of drug-likeness (QED) is 0.627. The summed E-state index contributed by atoms with van der Waals surface area (Å²) >= 11 is 0. The van der Waals surface area contributed by atoms with Gasteiger partial charge in [-0.05, 0) is 48.7 Å². The molecule has 0 spiro atoms. The molecule has 28 heavy (non-hydrogen) atoms. The monoisotopic (exact) mass is 378 g/mol. The summed E-state index contributed by atoms with van der Waals surface area (Å²) in [6.45, 7) is 0. The maximum atomic E-state index is 12.3. The molecule has 142 valence electrons. The Morgan fingerprint density at radius 1 is 1.14 bits per heavy atom. The number of hydrogen-bond donors (Lipinski definition) is 3. The second-order valence-electron chi connectivity index (χ2n) is 6.67. The molecule has 0 unspecified atom stereocenters. The number of aromatic hydroxyl groups is 1. The molecule has 0 radical (unpaired) electrons. The number of aryl methyl sites for hydroxylation is 2. The van der Waals surface area contributed by atoms with Crippen LogP contribution in [0, 0.1) is 0 Å². The molecule has 0 bridgehead atoms. The van der Waals surface area contributed by atoms with Gasteiger partial charge < -0.3 is 20.1 Å². The van der Waals surface area contributed by atoms with Crippen LogP contribution in [-0.4, -0.2) is 27.2 Å². The summed E-state index contributed by atoms with van der Waals surface area (Å²) in [5, 5.41) is 25.6. The third-order valence-electron chi connectivity index (χ3n) is 4.87. The molecule has 1 aromatic heterocycles. The minimum atomic E-state index is -1.09. The number of anilines is 1. The van der Waals surface area contributed by atoms with E-state index in [0.717, 1.165) is 35.2 Å². The molecule has 7 nitrogen and oxygen atoms in total. The highest BCUT2D eigenvalue weighted by atomic mass is 16.5. The van der Waals surface area contributed by atoms with Gasteiger partial charge in [-0.25, -0.2) is 4.79 Å². The van der Waals surface area contributed by atoms with Gasteiger partial charge in [-0.1, -0.05) is 17.3 Å². The van der Waals surface area contributed by atoms with Crippen molar-refractivity contribution in [1.29, 1.82) is 0 Å². The van der Waals surface area contributed by atoms with Gasteiger partial charge in [-0.15, -0.1) is 0 Å². The van der Waals surface area contributed by atoms with E-state index >= 15 is 0 Å². The fraction of sp³-hybridized carbons (Fsp3) is 0.190. The number of carboxylic acid groups (broad SMARTS) is 1. The van der Waals surface area contributed by atoms with Gasteiger partial charge in [0.25, 0.3) is 0 Å². The lowest BCUT2D eigenvalue weighted by Crippen LogP contribution is -2.15. The number of amides is 1. The van der Waals surface area contributed by atoms with Crippen LogP contribution in [-0.2, 0) is 24.1 Å². The number of rotatable bonds is 5. The molecule has 2 aromatic carbocycles. The normalized spacial score (nSPS) is 12.1. The zero-order chi connectivity index (χ0) is 19.7. The number of phenols is 1. The first-order chi connectivity index (χ1) is 13.5. The van der Waals surface area contributed by atoms with Gasteiger partial charge in [0.2, 0.25) is 5.91 Å². The predicted molar refractivity (Wildman–Crippen MR) is 101 cm³/mol. The highest BCUT2D eigenvalue weighted by Crippen LogP contribution is 2.36. The summed E-state index contributed by atoms with van der Waals surface area (Å²) in [6.07, 6.45) is 2.02. The van der Waals surface area contributed by atoms with Crippen LogP contribution in [0.25, 0.3) is 11.3 Å². The lowest BCUT2D eigenvalue weighted by atomic mass is 9.88. The van der Waals surface area contributed by atoms with Crippen molar-refractivity contribution in [2.24, 2.45) is 0 Å². The van der Waals surface area contributed by atoms with E-state index < -0.39 is 5.97 Å². The van der Waals surface area contributed by atoms with Crippen LogP contribution in [0.15, 0.2) is 47.0 Å². The number of nitrogens with zero attached hydrogens (tertiary/aromatic N) is 1. The number of fused-ring (bicyclic) bond motifs is 3. The third-order valence-corrected chi connectivity index (χ3v) is 4.87. The maximum Gasteiger partial charge on any atom is 0.337 e. The van der Waals surface area contributed by atoms with Crippen molar-refractivity contribution < 1.29 is 24.3 Å². The zero-order valence-corrected chi connectivity index (χ0v) is 14.9. The van der Waals surface area contributed by atoms with Gasteiger partial charge in [-0.2, -0.15) is 0 Å². The summed E-state index contributed by atoms with van der Waals surface area (Å²) < 4.78 is 5.48. The Hall–Kier alpha value is -3.61. The number of phenolic OH excluding ortho intramolecular Hbond substituents is 1. The lowest BCUT2D eigenvalue weighted by molar-refractivity contribution is -0.116. The van der Waals surface area contributed by atoms with Crippen molar-refractivity contribution in [3.05, 3.63) is 64.9 Å². The van der Waals surface area contributed by atoms with Crippen molar-refractivity contribution in [2.45, 2.75) is 25.7 Å². The fourth-order valence-corrected chi connectivity index (χ4v) is 3.51. The highest BCUT2D eigenvalue weighted by Gasteiger charge is 2.24. The third kappa shape index (κ3) is 3.34. The van der Waals surface area contributed by atoms with Crippen LogP contribution in [0.2, 0.25) is 0 Å². The van der Waals surface area contributed by atoms with E-state index in [-0.39, 0.29) is 29.3 Å². The SMILES string of the molecule is O=C(CCc1onc2c1CCc1cc(O)ccc1-2)Nc1ccccc1C(=O)O. The first-order valence-electron chi connectivity index (χ1n) is 8.95. The van der Waals surface area contributed by atoms with Crippen LogP contribution < -0.4 is 5.32 Å². The molecule has 0 aliphatic heterocycles. The summed E-state index contributed by atoms with van der Waals surface area (Å²) in [7, 11) is 0. The topological polar surface area (TPSA) is 113 Å². The molecule has 1 amide bonds. The number of carbonyl (C=O) groups excluding carboxylic acids is 1. The second kappa shape index (κ2) is 7.19. The van der Waals surface area contributed by atoms with Crippen LogP contribution >= 0.6 is 0 Å². The van der Waals surface area contributed by atoms with E-state index in [2.05, 4.69) is 10.5 Å². The molecule has 1 aliphatic carbocycles. The molecule has 7 heteroatoms. The first-order valence-corrected chi connectivity index (χ1v) is 8.95. The van der Waals surface area contributed by atoms with Crippen LogP contribution in [0.4, 0.5) is 5.69 Å². The van der Waals surface area contributed by atoms with Crippen LogP contribution in [0.5, 0.6) is 5.75 Å². The van der Waals surface area contributed by atoms with Gasteiger partial charge in [-0.3, -0.25) is 4.79 Å². The standard InChI is InChI=1S/C21H18N2O5/c24-13-6-8-14-12(11-13)5-7-16-18(28-23-20(14)16)9-10-19(25)22-17-4-2-1-3-15(17)21(26)27/h1-4,6,8,11,24H,5,7,9-10H2,(H,22,25)(H,26,27). The fourth-order valence-electron chi connectivity index (χ4n) is 3.51. The Balaban J connectivity index is 1.47. The molecule has 0 fully saturated rings. The van der Waals surface area contributed by atoms with E-state index in [1.54, 1.807) is 30.3 Å². The molecule has 4 rings (SSSR count). The Morgan fingerprint density at radius 3 is 2.79 bits per heavy atom. The molecule has 0 saturated heterocycles. The predicted octanol–water partition coefficient (Wildman–Crippen LogP) is 3.42. The van der Waals surface area contributed by atoms with Crippen LogP contribution in [0.3, 0.4) is 0 Å². The van der Waals surface area contributed by atoms with Crippen molar-refractivity contribution in [2.75, 3.05) is 5.32 Å². The minimum Gasteiger partial charge on any atom is -0.508 e. The molecular formula is C21H18N2O5. The Kier molecular flexibility index (Phi) is 4.57. The average molecular weight is 378 g/mol. The van der Waals surface area contributed by atoms with Crippen molar-refractivity contribution >= 4 is 17.6 Å². The van der Waals surface area contributed by atoms with Gasteiger partial charge in [0.1, 0.15) is 17.2 Å². The first kappa shape index (κ1) is 17.8. The van der Waals surface area contributed by atoms with Crippen molar-refractivity contribution in [3.63, 3.8) is 0 Å². The number of aromatic carboxylic acids is 1. The molecule has 3 N–H and O–H groups in total. The number of aromatic nitrogens is 1. The molecule has 0 atom stereocenters. The van der Waals surface area contributed by atoms with E-state index in [0.29, 0.717) is 12.2 Å². The number of hydrogen-bond acceptors (Lipinski definition) is 5. The summed E-state index contributed by atoms with van der Waals surface area (Å²) in [6, 6.07) is 11.5. The van der Waals surface area contributed by atoms with Gasteiger partial charge in [0.15, 0.2) is 0 Å². The van der Waals surface area contributed by atoms with E-state index in [9.17, 15) is 19.8 Å². The average Bonchev–Trinajstić information content (AvgIpc) is 3.09. The minimum absolute atomic E-state index is 0.0488. The molecule has 3 aromatic rings. The number of carbonyl (C=O) groups is 2. The number of benzene rings is 2. The largest absolute Gasteiger partial charge is 0.508 e. The summed E-state index contributed by atoms with van der Waals surface area (Å²) in [4.78, 5) is 23.5. The van der Waals surface area contributed by atoms with Gasteiger partial charge in [0.05, 0.1) is 11.3 Å². The Bertz CT molecular complexity index is 1070. The van der Waals surface area contributed by atoms with Crippen molar-refractivity contribution in [1.82, 2.24) is 5.16 Å². The zero-order valence-electron chi connectivity index (χ0n) is 14.9. The summed E-state index contributed by atoms with van der Waals surface area (Å²) in [5.41, 5.74) is 4.02. The number of carboxylic acids is 1. The second-order valence-corrected chi connectivity index (χ2v) is 6.67. The number of para-hydroxylation sites is 1. The van der Waals surface area contributed by atoms with E-state index in [1.165, 1.54) is 6.07 Å². The van der Waals surface area contributed by atoms with E-state index in [1.807, 2.05) is 6.07 Å². The Labute approximate surface area is 160 Å². The van der Waals surface area contributed by atoms with Gasteiger partial charge >= 0.3 is 5.97 Å². The molecule has 1 heterocycles. The molecule has 1 aliphatic rings. The van der Waals surface area contributed by atoms with Crippen molar-refractivity contribution in [3.8, 4) is 17.0 Å². The van der Waals surface area contributed by atoms with E-state index in [4.69, 9.17) is 4.52 Å². The highest BCUT2D eigenvalue weighted by molar-refractivity contribution is 6.00. The molecule has 0 saturated carbocycles. The van der Waals surface area contributed by atoms with Gasteiger partial charge in [0, 0.05) is 24.0 Å².